The van der Waals surface area contributed by atoms with Crippen molar-refractivity contribution in [3.8, 4) is 0 Å². The van der Waals surface area contributed by atoms with Gasteiger partial charge < -0.3 is 15.1 Å². The van der Waals surface area contributed by atoms with Crippen molar-refractivity contribution in [1.82, 2.24) is 0 Å². The Kier molecular flexibility index (Phi) is 6.24. The number of carbonyl (C=O) groups excluding carboxylic acids is 1. The van der Waals surface area contributed by atoms with E-state index in [0.717, 1.165) is 42.9 Å². The predicted molar refractivity (Wildman–Crippen MR) is 104 cm³/mol. The van der Waals surface area contributed by atoms with Crippen LogP contribution in [0, 0.1) is 6.92 Å². The van der Waals surface area contributed by atoms with Crippen LogP contribution in [0.25, 0.3) is 0 Å². The average molecular weight is 404 g/mol. The molecule has 0 aromatic heterocycles. The van der Waals surface area contributed by atoms with Crippen LogP contribution in [0.1, 0.15) is 11.1 Å². The molecular weight excluding hydrogens is 378 g/mol. The van der Waals surface area contributed by atoms with Gasteiger partial charge >= 0.3 is 0 Å². The lowest BCUT2D eigenvalue weighted by atomic mass is 10.1. The van der Waals surface area contributed by atoms with Crippen molar-refractivity contribution >= 4 is 27.5 Å². The summed E-state index contributed by atoms with van der Waals surface area (Å²) in [6.07, 6.45) is 0. The first kappa shape index (κ1) is 18.1. The summed E-state index contributed by atoms with van der Waals surface area (Å²) < 4.78 is 0.922. The lowest BCUT2D eigenvalue weighted by molar-refractivity contribution is -1.02. The lowest BCUT2D eigenvalue weighted by Crippen LogP contribution is -3.28. The van der Waals surface area contributed by atoms with Gasteiger partial charge in [0.05, 0.1) is 5.69 Å². The molecule has 3 rings (SSSR count). The highest BCUT2D eigenvalue weighted by molar-refractivity contribution is 9.10. The van der Waals surface area contributed by atoms with Gasteiger partial charge in [-0.3, -0.25) is 4.79 Å². The van der Waals surface area contributed by atoms with E-state index in [-0.39, 0.29) is 5.91 Å². The molecule has 25 heavy (non-hydrogen) atoms. The average Bonchev–Trinajstić information content (AvgIpc) is 2.61. The van der Waals surface area contributed by atoms with Crippen LogP contribution in [0.4, 0.5) is 5.69 Å². The molecule has 0 aliphatic carbocycles. The van der Waals surface area contributed by atoms with Gasteiger partial charge in [0.15, 0.2) is 6.54 Å². The molecule has 0 radical (unpaired) electrons. The number of nitrogens with one attached hydrogen (secondary N) is 3. The smallest absolute Gasteiger partial charge is 0.279 e. The first-order chi connectivity index (χ1) is 12.1. The van der Waals surface area contributed by atoms with Crippen LogP contribution in [0.5, 0.6) is 0 Å². The second-order valence-corrected chi connectivity index (χ2v) is 7.66. The van der Waals surface area contributed by atoms with Gasteiger partial charge in [-0.25, -0.2) is 0 Å². The Morgan fingerprint density at radius 1 is 1.00 bits per heavy atom. The molecule has 0 unspecified atom stereocenters. The number of hydrogen-bond acceptors (Lipinski definition) is 1. The molecule has 1 amide bonds. The molecule has 1 saturated heterocycles. The summed E-state index contributed by atoms with van der Waals surface area (Å²) >= 11 is 3.47. The van der Waals surface area contributed by atoms with Crippen LogP contribution < -0.4 is 15.1 Å². The number of para-hydroxylation sites is 1. The quantitative estimate of drug-likeness (QED) is 0.674. The van der Waals surface area contributed by atoms with Gasteiger partial charge in [0, 0.05) is 10.0 Å². The Balaban J connectivity index is 1.45. The monoisotopic (exact) mass is 403 g/mol. The van der Waals surface area contributed by atoms with E-state index in [1.54, 1.807) is 4.90 Å². The van der Waals surface area contributed by atoms with Crippen molar-refractivity contribution in [2.45, 2.75) is 13.5 Å². The van der Waals surface area contributed by atoms with E-state index in [0.29, 0.717) is 6.54 Å². The summed E-state index contributed by atoms with van der Waals surface area (Å²) in [5.74, 6) is 0.0873. The van der Waals surface area contributed by atoms with E-state index in [4.69, 9.17) is 0 Å². The first-order valence-electron chi connectivity index (χ1n) is 8.88. The Hall–Kier alpha value is -1.69. The molecule has 0 atom stereocenters. The zero-order chi connectivity index (χ0) is 17.6. The Morgan fingerprint density at radius 2 is 1.64 bits per heavy atom. The normalized spacial score (nSPS) is 20.2. The van der Waals surface area contributed by atoms with Crippen molar-refractivity contribution in [2.75, 3.05) is 38.0 Å². The molecular formula is C20H26BrN3O+2. The van der Waals surface area contributed by atoms with Crippen molar-refractivity contribution in [1.29, 1.82) is 0 Å². The number of carbonyl (C=O) groups is 1. The van der Waals surface area contributed by atoms with Gasteiger partial charge in [-0.1, -0.05) is 36.4 Å². The van der Waals surface area contributed by atoms with Crippen LogP contribution in [0.3, 0.4) is 0 Å². The lowest BCUT2D eigenvalue weighted by Gasteiger charge is -2.29. The van der Waals surface area contributed by atoms with Crippen LogP contribution in [0.2, 0.25) is 0 Å². The minimum Gasteiger partial charge on any atom is -0.322 e. The van der Waals surface area contributed by atoms with Crippen LogP contribution in [-0.2, 0) is 11.3 Å². The largest absolute Gasteiger partial charge is 0.322 e. The molecule has 3 N–H and O–H groups in total. The molecule has 1 aliphatic heterocycles. The van der Waals surface area contributed by atoms with Gasteiger partial charge in [0.25, 0.3) is 5.91 Å². The zero-order valence-corrected chi connectivity index (χ0v) is 16.2. The van der Waals surface area contributed by atoms with Gasteiger partial charge in [-0.05, 0) is 40.5 Å². The SMILES string of the molecule is Cc1ccccc1C[NH+]1CC[NH+](CC(=O)Nc2ccccc2Br)CC1. The van der Waals surface area contributed by atoms with Gasteiger partial charge in [-0.15, -0.1) is 0 Å². The fourth-order valence-electron chi connectivity index (χ4n) is 3.37. The molecule has 1 fully saturated rings. The summed E-state index contributed by atoms with van der Waals surface area (Å²) in [6.45, 7) is 8.14. The van der Waals surface area contributed by atoms with E-state index in [1.165, 1.54) is 16.0 Å². The number of hydrogen-bond donors (Lipinski definition) is 3. The molecule has 5 heteroatoms. The third-order valence-corrected chi connectivity index (χ3v) is 5.62. The third kappa shape index (κ3) is 5.14. The molecule has 0 bridgehead atoms. The fourth-order valence-corrected chi connectivity index (χ4v) is 3.76. The number of piperazine rings is 1. The Labute approximate surface area is 158 Å². The minimum atomic E-state index is 0.0873. The zero-order valence-electron chi connectivity index (χ0n) is 14.6. The predicted octanol–water partition coefficient (Wildman–Crippen LogP) is 0.680. The topological polar surface area (TPSA) is 38.0 Å². The van der Waals surface area contributed by atoms with Crippen LogP contribution >= 0.6 is 15.9 Å². The third-order valence-electron chi connectivity index (χ3n) is 4.92. The first-order valence-corrected chi connectivity index (χ1v) is 9.67. The molecule has 1 heterocycles. The number of aryl methyl sites for hydroxylation is 1. The summed E-state index contributed by atoms with van der Waals surface area (Å²) in [7, 11) is 0. The second kappa shape index (κ2) is 8.61. The molecule has 2 aromatic rings. The maximum Gasteiger partial charge on any atom is 0.279 e. The number of quaternary nitrogens is 2. The molecule has 2 aromatic carbocycles. The minimum absolute atomic E-state index is 0.0873. The van der Waals surface area contributed by atoms with Crippen molar-refractivity contribution in [3.63, 3.8) is 0 Å². The summed E-state index contributed by atoms with van der Waals surface area (Å²) in [6, 6.07) is 16.4. The highest BCUT2D eigenvalue weighted by Gasteiger charge is 2.25. The summed E-state index contributed by atoms with van der Waals surface area (Å²) in [5.41, 5.74) is 3.65. The van der Waals surface area contributed by atoms with Crippen molar-refractivity contribution < 1.29 is 14.6 Å². The molecule has 1 aliphatic rings. The van der Waals surface area contributed by atoms with Crippen molar-refractivity contribution in [2.24, 2.45) is 0 Å². The van der Waals surface area contributed by atoms with E-state index < -0.39 is 0 Å². The van der Waals surface area contributed by atoms with E-state index in [1.807, 2.05) is 24.3 Å². The number of amides is 1. The number of halogens is 1. The van der Waals surface area contributed by atoms with Gasteiger partial charge in [0.1, 0.15) is 32.7 Å². The number of benzene rings is 2. The Morgan fingerprint density at radius 3 is 2.36 bits per heavy atom. The van der Waals surface area contributed by atoms with Crippen molar-refractivity contribution in [3.05, 3.63) is 64.1 Å². The molecule has 4 nitrogen and oxygen atoms in total. The van der Waals surface area contributed by atoms with E-state index in [2.05, 4.69) is 52.4 Å². The molecule has 0 spiro atoms. The van der Waals surface area contributed by atoms with Gasteiger partial charge in [-0.2, -0.15) is 0 Å². The standard InChI is InChI=1S/C20H24BrN3O/c1-16-6-2-3-7-17(16)14-23-10-12-24(13-11-23)15-20(25)22-19-9-5-4-8-18(19)21/h2-9H,10-15H2,1H3,(H,22,25)/p+2. The Bertz CT molecular complexity index is 726. The highest BCUT2D eigenvalue weighted by atomic mass is 79.9. The highest BCUT2D eigenvalue weighted by Crippen LogP contribution is 2.20. The summed E-state index contributed by atoms with van der Waals surface area (Å²) in [5, 5.41) is 3.00. The maximum atomic E-state index is 12.3. The molecule has 0 saturated carbocycles. The fraction of sp³-hybridized carbons (Fsp3) is 0.350. The van der Waals surface area contributed by atoms with Crippen LogP contribution in [-0.4, -0.2) is 38.6 Å². The maximum absolute atomic E-state index is 12.3. The second-order valence-electron chi connectivity index (χ2n) is 6.81. The summed E-state index contributed by atoms with van der Waals surface area (Å²) in [4.78, 5) is 15.3. The number of anilines is 1. The molecule has 132 valence electrons. The van der Waals surface area contributed by atoms with Gasteiger partial charge in [0.2, 0.25) is 0 Å². The number of rotatable bonds is 5. The van der Waals surface area contributed by atoms with E-state index in [9.17, 15) is 4.79 Å². The van der Waals surface area contributed by atoms with Crippen LogP contribution in [0.15, 0.2) is 53.0 Å². The van der Waals surface area contributed by atoms with E-state index >= 15 is 0 Å².